The van der Waals surface area contributed by atoms with E-state index < -0.39 is 17.9 Å². The van der Waals surface area contributed by atoms with E-state index >= 15 is 0 Å². The largest absolute Gasteiger partial charge is 0.481 e. The molecule has 1 N–H and O–H groups in total. The first-order chi connectivity index (χ1) is 8.97. The molecule has 0 aliphatic carbocycles. The number of carbonyl (C=O) groups excluding carboxylic acids is 2. The van der Waals surface area contributed by atoms with Crippen LogP contribution in [0.25, 0.3) is 0 Å². The molecule has 0 spiro atoms. The molecule has 0 amide bonds. The molecule has 0 saturated carbocycles. The van der Waals surface area contributed by atoms with Gasteiger partial charge in [-0.3, -0.25) is 14.4 Å². The highest BCUT2D eigenvalue weighted by Crippen LogP contribution is 2.09. The molecule has 0 saturated heterocycles. The van der Waals surface area contributed by atoms with Gasteiger partial charge in [0.2, 0.25) is 6.79 Å². The van der Waals surface area contributed by atoms with Crippen molar-refractivity contribution >= 4 is 17.9 Å². The van der Waals surface area contributed by atoms with Gasteiger partial charge in [0, 0.05) is 12.8 Å². The zero-order valence-electron chi connectivity index (χ0n) is 11.5. The summed E-state index contributed by atoms with van der Waals surface area (Å²) in [6.45, 7) is 3.14. The van der Waals surface area contributed by atoms with Crippen LogP contribution in [0.1, 0.15) is 52.4 Å². The van der Waals surface area contributed by atoms with Crippen LogP contribution in [0.15, 0.2) is 0 Å². The molecule has 0 aromatic heterocycles. The molecule has 1 unspecified atom stereocenters. The lowest BCUT2D eigenvalue weighted by atomic mass is 10.0. The Kier molecular flexibility index (Phi) is 9.48. The number of ether oxygens (including phenoxy) is 2. The topological polar surface area (TPSA) is 89.9 Å². The van der Waals surface area contributed by atoms with Gasteiger partial charge in [-0.15, -0.1) is 0 Å². The molecule has 0 heterocycles. The molecule has 6 heteroatoms. The predicted molar refractivity (Wildman–Crippen MR) is 67.2 cm³/mol. The SMILES string of the molecule is CCCC(=O)OCOC(=O)CCCCC(C)C(=O)O. The van der Waals surface area contributed by atoms with Crippen molar-refractivity contribution in [1.29, 1.82) is 0 Å². The summed E-state index contributed by atoms with van der Waals surface area (Å²) < 4.78 is 9.38. The smallest absolute Gasteiger partial charge is 0.308 e. The monoisotopic (exact) mass is 274 g/mol. The van der Waals surface area contributed by atoms with Crippen molar-refractivity contribution in [3.63, 3.8) is 0 Å². The lowest BCUT2D eigenvalue weighted by Gasteiger charge is -2.07. The predicted octanol–water partition coefficient (Wildman–Crippen LogP) is 2.11. The first-order valence-corrected chi connectivity index (χ1v) is 6.51. The van der Waals surface area contributed by atoms with Gasteiger partial charge in [-0.1, -0.05) is 20.3 Å². The molecule has 0 aromatic rings. The maximum Gasteiger partial charge on any atom is 0.308 e. The van der Waals surface area contributed by atoms with Crippen molar-refractivity contribution in [3.8, 4) is 0 Å². The highest BCUT2D eigenvalue weighted by molar-refractivity contribution is 5.71. The molecular formula is C13H22O6. The Morgan fingerprint density at radius 2 is 1.63 bits per heavy atom. The molecule has 6 nitrogen and oxygen atoms in total. The maximum absolute atomic E-state index is 11.2. The third kappa shape index (κ3) is 10.1. The molecule has 0 fully saturated rings. The Labute approximate surface area is 113 Å². The van der Waals surface area contributed by atoms with Gasteiger partial charge in [0.15, 0.2) is 0 Å². The van der Waals surface area contributed by atoms with E-state index in [2.05, 4.69) is 4.74 Å². The molecule has 19 heavy (non-hydrogen) atoms. The zero-order valence-corrected chi connectivity index (χ0v) is 11.5. The average molecular weight is 274 g/mol. The van der Waals surface area contributed by atoms with Gasteiger partial charge in [0.05, 0.1) is 5.92 Å². The fourth-order valence-electron chi connectivity index (χ4n) is 1.35. The number of rotatable bonds is 10. The summed E-state index contributed by atoms with van der Waals surface area (Å²) >= 11 is 0. The molecule has 0 aliphatic rings. The van der Waals surface area contributed by atoms with Crippen molar-refractivity contribution in [2.75, 3.05) is 6.79 Å². The van der Waals surface area contributed by atoms with E-state index in [1.54, 1.807) is 6.92 Å². The minimum Gasteiger partial charge on any atom is -0.481 e. The number of carboxylic acids is 1. The van der Waals surface area contributed by atoms with Crippen LogP contribution in [0, 0.1) is 5.92 Å². The van der Waals surface area contributed by atoms with Crippen LogP contribution in [0.2, 0.25) is 0 Å². The third-order valence-corrected chi connectivity index (χ3v) is 2.58. The fraction of sp³-hybridized carbons (Fsp3) is 0.769. The van der Waals surface area contributed by atoms with Crippen molar-refractivity contribution in [2.24, 2.45) is 5.92 Å². The third-order valence-electron chi connectivity index (χ3n) is 2.58. The van der Waals surface area contributed by atoms with Crippen LogP contribution in [0.5, 0.6) is 0 Å². The van der Waals surface area contributed by atoms with Gasteiger partial charge in [-0.25, -0.2) is 0 Å². The lowest BCUT2D eigenvalue weighted by Crippen LogP contribution is -2.13. The summed E-state index contributed by atoms with van der Waals surface area (Å²) in [4.78, 5) is 32.7. The minimum absolute atomic E-state index is 0.206. The quantitative estimate of drug-likeness (QED) is 0.373. The van der Waals surface area contributed by atoms with Gasteiger partial charge >= 0.3 is 17.9 Å². The summed E-state index contributed by atoms with van der Waals surface area (Å²) in [5.74, 6) is -2.05. The van der Waals surface area contributed by atoms with Gasteiger partial charge in [-0.05, 0) is 19.3 Å². The summed E-state index contributed by atoms with van der Waals surface area (Å²) in [6.07, 6.45) is 2.96. The number of aliphatic carboxylic acids is 1. The van der Waals surface area contributed by atoms with Crippen LogP contribution in [0.4, 0.5) is 0 Å². The normalized spacial score (nSPS) is 11.7. The first kappa shape index (κ1) is 17.4. The Morgan fingerprint density at radius 3 is 2.16 bits per heavy atom. The van der Waals surface area contributed by atoms with Crippen molar-refractivity contribution in [2.45, 2.75) is 52.4 Å². The van der Waals surface area contributed by atoms with Crippen LogP contribution in [-0.2, 0) is 23.9 Å². The highest BCUT2D eigenvalue weighted by Gasteiger charge is 2.11. The maximum atomic E-state index is 11.2. The van der Waals surface area contributed by atoms with E-state index in [1.165, 1.54) is 0 Å². The van der Waals surface area contributed by atoms with E-state index in [9.17, 15) is 14.4 Å². The van der Waals surface area contributed by atoms with Crippen LogP contribution < -0.4 is 0 Å². The number of hydrogen-bond donors (Lipinski definition) is 1. The Hall–Kier alpha value is -1.59. The van der Waals surface area contributed by atoms with Gasteiger partial charge < -0.3 is 14.6 Å². The Balaban J connectivity index is 3.50. The second-order valence-corrected chi connectivity index (χ2v) is 4.39. The Morgan fingerprint density at radius 1 is 1.05 bits per heavy atom. The highest BCUT2D eigenvalue weighted by atomic mass is 16.7. The molecule has 110 valence electrons. The second-order valence-electron chi connectivity index (χ2n) is 4.39. The van der Waals surface area contributed by atoms with Crippen molar-refractivity contribution in [1.82, 2.24) is 0 Å². The van der Waals surface area contributed by atoms with Crippen molar-refractivity contribution < 1.29 is 29.0 Å². The number of carbonyl (C=O) groups is 3. The van der Waals surface area contributed by atoms with Gasteiger partial charge in [-0.2, -0.15) is 0 Å². The molecule has 1 atom stereocenters. The van der Waals surface area contributed by atoms with Gasteiger partial charge in [0.1, 0.15) is 0 Å². The standard InChI is InChI=1S/C13H22O6/c1-3-6-11(14)18-9-19-12(15)8-5-4-7-10(2)13(16)17/h10H,3-9H2,1-2H3,(H,16,17). The summed E-state index contributed by atoms with van der Waals surface area (Å²) in [6, 6.07) is 0. The fourth-order valence-corrected chi connectivity index (χ4v) is 1.35. The second kappa shape index (κ2) is 10.3. The summed E-state index contributed by atoms with van der Waals surface area (Å²) in [5.41, 5.74) is 0. The number of hydrogen-bond acceptors (Lipinski definition) is 5. The number of carboxylic acid groups (broad SMARTS) is 1. The van der Waals surface area contributed by atoms with Crippen molar-refractivity contribution in [3.05, 3.63) is 0 Å². The number of unbranched alkanes of at least 4 members (excludes halogenated alkanes) is 1. The minimum atomic E-state index is -0.828. The van der Waals surface area contributed by atoms with Crippen LogP contribution in [-0.4, -0.2) is 29.8 Å². The van der Waals surface area contributed by atoms with Crippen LogP contribution in [0.3, 0.4) is 0 Å². The summed E-state index contributed by atoms with van der Waals surface area (Å²) in [5, 5.41) is 8.66. The molecule has 0 radical (unpaired) electrons. The summed E-state index contributed by atoms with van der Waals surface area (Å²) in [7, 11) is 0. The van der Waals surface area contributed by atoms with E-state index in [-0.39, 0.29) is 19.2 Å². The zero-order chi connectivity index (χ0) is 14.7. The lowest BCUT2D eigenvalue weighted by molar-refractivity contribution is -0.167. The molecule has 0 aromatic carbocycles. The molecular weight excluding hydrogens is 252 g/mol. The number of esters is 2. The molecule has 0 rings (SSSR count). The Bertz CT molecular complexity index is 300. The van der Waals surface area contributed by atoms with Crippen LogP contribution >= 0.6 is 0 Å². The molecule has 0 aliphatic heterocycles. The van der Waals surface area contributed by atoms with E-state index in [0.29, 0.717) is 32.1 Å². The van der Waals surface area contributed by atoms with E-state index in [4.69, 9.17) is 9.84 Å². The first-order valence-electron chi connectivity index (χ1n) is 6.51. The molecule has 0 bridgehead atoms. The van der Waals surface area contributed by atoms with E-state index in [0.717, 1.165) is 0 Å². The van der Waals surface area contributed by atoms with E-state index in [1.807, 2.05) is 6.92 Å². The average Bonchev–Trinajstić information content (AvgIpc) is 2.34. The van der Waals surface area contributed by atoms with Gasteiger partial charge in [0.25, 0.3) is 0 Å².